The first-order valence-electron chi connectivity index (χ1n) is 5.57. The number of hydrogen-bond donors (Lipinski definition) is 1. The Morgan fingerprint density at radius 2 is 1.92 bits per heavy atom. The summed E-state index contributed by atoms with van der Waals surface area (Å²) in [7, 11) is 0. The normalized spacial score (nSPS) is 32.1. The zero-order valence-electron chi connectivity index (χ0n) is 9.14. The number of nitrogens with one attached hydrogen (secondary N) is 1. The largest absolute Gasteiger partial charge is 0.255 e. The average Bonchev–Trinajstić information content (AvgIpc) is 2.29. The highest BCUT2D eigenvalue weighted by molar-refractivity contribution is 4.88. The van der Waals surface area contributed by atoms with Gasteiger partial charge in [0.1, 0.15) is 0 Å². The van der Waals surface area contributed by atoms with E-state index in [-0.39, 0.29) is 0 Å². The molecule has 2 fully saturated rings. The van der Waals surface area contributed by atoms with Crippen LogP contribution in [0.2, 0.25) is 0 Å². The molecule has 1 aliphatic heterocycles. The smallest absolute Gasteiger partial charge is 0.0243 e. The zero-order valence-corrected chi connectivity index (χ0v) is 9.14. The Labute approximate surface area is 81.7 Å². The van der Waals surface area contributed by atoms with Crippen LogP contribution in [0.5, 0.6) is 0 Å². The van der Waals surface area contributed by atoms with Crippen LogP contribution in [0.4, 0.5) is 0 Å². The summed E-state index contributed by atoms with van der Waals surface area (Å²) in [6.45, 7) is 9.49. The van der Waals surface area contributed by atoms with Gasteiger partial charge in [-0.15, -0.1) is 0 Å². The van der Waals surface area contributed by atoms with Crippen LogP contribution in [0.25, 0.3) is 0 Å². The van der Waals surface area contributed by atoms with Gasteiger partial charge in [-0.3, -0.25) is 5.43 Å². The van der Waals surface area contributed by atoms with Crippen LogP contribution >= 0.6 is 0 Å². The van der Waals surface area contributed by atoms with Crippen molar-refractivity contribution in [1.82, 2.24) is 10.4 Å². The van der Waals surface area contributed by atoms with Crippen LogP contribution in [-0.4, -0.2) is 24.1 Å². The summed E-state index contributed by atoms with van der Waals surface area (Å²) in [6.07, 6.45) is 4.25. The Hall–Kier alpha value is -0.0800. The highest BCUT2D eigenvalue weighted by atomic mass is 15.5. The molecule has 0 aromatic heterocycles. The molecule has 2 rings (SSSR count). The second kappa shape index (κ2) is 3.25. The first kappa shape index (κ1) is 9.47. The minimum absolute atomic E-state index is 0.464. The highest BCUT2D eigenvalue weighted by Gasteiger charge is 2.36. The van der Waals surface area contributed by atoms with Crippen molar-refractivity contribution in [3.63, 3.8) is 0 Å². The maximum absolute atomic E-state index is 3.55. The lowest BCUT2D eigenvalue weighted by molar-refractivity contribution is 0.0991. The summed E-state index contributed by atoms with van der Waals surface area (Å²) >= 11 is 0. The van der Waals surface area contributed by atoms with Gasteiger partial charge in [-0.25, -0.2) is 5.01 Å². The molecule has 1 N–H and O–H groups in total. The lowest BCUT2D eigenvalue weighted by Crippen LogP contribution is -2.44. The van der Waals surface area contributed by atoms with Gasteiger partial charge in [0.25, 0.3) is 0 Å². The van der Waals surface area contributed by atoms with E-state index in [0.29, 0.717) is 5.41 Å². The van der Waals surface area contributed by atoms with E-state index in [0.717, 1.165) is 12.0 Å². The molecular formula is C11H22N2. The van der Waals surface area contributed by atoms with Crippen molar-refractivity contribution in [3.05, 3.63) is 0 Å². The van der Waals surface area contributed by atoms with Crippen LogP contribution < -0.4 is 5.43 Å². The van der Waals surface area contributed by atoms with Gasteiger partial charge in [0.2, 0.25) is 0 Å². The molecule has 1 unspecified atom stereocenters. The van der Waals surface area contributed by atoms with Gasteiger partial charge >= 0.3 is 0 Å². The second-order valence-electron chi connectivity index (χ2n) is 5.66. The Kier molecular flexibility index (Phi) is 2.37. The molecule has 0 amide bonds. The Morgan fingerprint density at radius 3 is 2.31 bits per heavy atom. The molecule has 1 atom stereocenters. The number of hydrogen-bond acceptors (Lipinski definition) is 2. The molecule has 1 saturated carbocycles. The third-order valence-corrected chi connectivity index (χ3v) is 3.70. The van der Waals surface area contributed by atoms with Crippen molar-refractivity contribution in [2.75, 3.05) is 13.1 Å². The SMILES string of the molecule is CC(C)(C)C1CNN(C2CCC2)C1. The van der Waals surface area contributed by atoms with E-state index in [9.17, 15) is 0 Å². The van der Waals surface area contributed by atoms with E-state index in [1.54, 1.807) is 0 Å². The lowest BCUT2D eigenvalue weighted by Gasteiger charge is -2.35. The molecule has 1 heterocycles. The molecule has 1 aliphatic carbocycles. The molecule has 0 bridgehead atoms. The fourth-order valence-electron chi connectivity index (χ4n) is 2.15. The van der Waals surface area contributed by atoms with Gasteiger partial charge in [-0.05, 0) is 24.2 Å². The summed E-state index contributed by atoms with van der Waals surface area (Å²) in [5.74, 6) is 0.827. The van der Waals surface area contributed by atoms with Crippen molar-refractivity contribution < 1.29 is 0 Å². The summed E-state index contributed by atoms with van der Waals surface area (Å²) in [5, 5.41) is 2.49. The molecule has 0 aromatic rings. The average molecular weight is 182 g/mol. The van der Waals surface area contributed by atoms with Crippen molar-refractivity contribution in [2.24, 2.45) is 11.3 Å². The quantitative estimate of drug-likeness (QED) is 0.667. The third kappa shape index (κ3) is 1.89. The van der Waals surface area contributed by atoms with E-state index in [2.05, 4.69) is 31.2 Å². The third-order valence-electron chi connectivity index (χ3n) is 3.70. The maximum Gasteiger partial charge on any atom is 0.0243 e. The van der Waals surface area contributed by atoms with Gasteiger partial charge in [0.15, 0.2) is 0 Å². The van der Waals surface area contributed by atoms with Crippen LogP contribution in [0.15, 0.2) is 0 Å². The molecule has 13 heavy (non-hydrogen) atoms. The van der Waals surface area contributed by atoms with E-state index < -0.39 is 0 Å². The summed E-state index contributed by atoms with van der Waals surface area (Å²) in [5.41, 5.74) is 4.01. The molecule has 2 aliphatic rings. The van der Waals surface area contributed by atoms with Crippen molar-refractivity contribution in [1.29, 1.82) is 0 Å². The van der Waals surface area contributed by atoms with E-state index in [1.807, 2.05) is 0 Å². The topological polar surface area (TPSA) is 15.3 Å². The Morgan fingerprint density at radius 1 is 1.23 bits per heavy atom. The number of hydrazine groups is 1. The molecule has 1 saturated heterocycles. The molecule has 0 radical (unpaired) electrons. The fourth-order valence-corrected chi connectivity index (χ4v) is 2.15. The van der Waals surface area contributed by atoms with Crippen molar-refractivity contribution >= 4 is 0 Å². The molecule has 2 heteroatoms. The molecular weight excluding hydrogens is 160 g/mol. The molecule has 76 valence electrons. The van der Waals surface area contributed by atoms with Crippen LogP contribution in [0.3, 0.4) is 0 Å². The standard InChI is InChI=1S/C11H22N2/c1-11(2,3)9-7-12-13(8-9)10-5-4-6-10/h9-10,12H,4-8H2,1-3H3. The summed E-state index contributed by atoms with van der Waals surface area (Å²) in [4.78, 5) is 0. The predicted octanol–water partition coefficient (Wildman–Crippen LogP) is 2.02. The van der Waals surface area contributed by atoms with Gasteiger partial charge < -0.3 is 0 Å². The van der Waals surface area contributed by atoms with Crippen LogP contribution in [-0.2, 0) is 0 Å². The van der Waals surface area contributed by atoms with Gasteiger partial charge in [0, 0.05) is 19.1 Å². The fraction of sp³-hybridized carbons (Fsp3) is 1.00. The summed E-state index contributed by atoms with van der Waals surface area (Å²) < 4.78 is 0. The van der Waals surface area contributed by atoms with Gasteiger partial charge in [-0.1, -0.05) is 27.2 Å². The minimum Gasteiger partial charge on any atom is -0.255 e. The molecule has 0 spiro atoms. The molecule has 2 nitrogen and oxygen atoms in total. The minimum atomic E-state index is 0.464. The number of nitrogens with zero attached hydrogens (tertiary/aromatic N) is 1. The van der Waals surface area contributed by atoms with Gasteiger partial charge in [0.05, 0.1) is 0 Å². The van der Waals surface area contributed by atoms with Crippen molar-refractivity contribution in [2.45, 2.75) is 46.1 Å². The maximum atomic E-state index is 3.55. The van der Waals surface area contributed by atoms with E-state index in [4.69, 9.17) is 0 Å². The van der Waals surface area contributed by atoms with Gasteiger partial charge in [-0.2, -0.15) is 0 Å². The molecule has 0 aromatic carbocycles. The van der Waals surface area contributed by atoms with Crippen molar-refractivity contribution in [3.8, 4) is 0 Å². The first-order chi connectivity index (χ1) is 6.07. The van der Waals surface area contributed by atoms with Crippen LogP contribution in [0.1, 0.15) is 40.0 Å². The second-order valence-corrected chi connectivity index (χ2v) is 5.66. The zero-order chi connectivity index (χ0) is 9.47. The predicted molar refractivity (Wildman–Crippen MR) is 55.3 cm³/mol. The summed E-state index contributed by atoms with van der Waals surface area (Å²) in [6, 6.07) is 0.854. The van der Waals surface area contributed by atoms with Crippen LogP contribution in [0, 0.1) is 11.3 Å². The Balaban J connectivity index is 1.86. The lowest BCUT2D eigenvalue weighted by atomic mass is 9.81. The first-order valence-corrected chi connectivity index (χ1v) is 5.57. The monoisotopic (exact) mass is 182 g/mol. The van der Waals surface area contributed by atoms with E-state index >= 15 is 0 Å². The number of rotatable bonds is 1. The van der Waals surface area contributed by atoms with E-state index in [1.165, 1.54) is 32.4 Å². The Bertz CT molecular complexity index is 179. The highest BCUT2D eigenvalue weighted by Crippen LogP contribution is 2.32.